The number of hydrogen-bond acceptors (Lipinski definition) is 2. The monoisotopic (exact) mass is 330 g/mol. The second-order valence-electron chi connectivity index (χ2n) is 4.16. The Bertz CT molecular complexity index is 394. The zero-order chi connectivity index (χ0) is 11.5. The van der Waals surface area contributed by atoms with Crippen molar-refractivity contribution in [3.63, 3.8) is 0 Å². The van der Waals surface area contributed by atoms with Gasteiger partial charge < -0.3 is 5.73 Å². The van der Waals surface area contributed by atoms with Gasteiger partial charge in [-0.3, -0.25) is 9.69 Å². The fourth-order valence-corrected chi connectivity index (χ4v) is 2.82. The molecular weight excluding hydrogens is 315 g/mol. The molecule has 1 aromatic carbocycles. The van der Waals surface area contributed by atoms with E-state index in [-0.39, 0.29) is 11.9 Å². The Morgan fingerprint density at radius 3 is 3.06 bits per heavy atom. The summed E-state index contributed by atoms with van der Waals surface area (Å²) in [7, 11) is 0. The Kier molecular flexibility index (Phi) is 3.81. The molecule has 3 nitrogen and oxygen atoms in total. The molecule has 1 aliphatic heterocycles. The molecule has 86 valence electrons. The molecule has 1 fully saturated rings. The van der Waals surface area contributed by atoms with E-state index in [1.807, 2.05) is 6.07 Å². The first kappa shape index (κ1) is 11.9. The molecule has 0 saturated carbocycles. The number of carbonyl (C=O) groups excluding carboxylic acids is 1. The van der Waals surface area contributed by atoms with Crippen molar-refractivity contribution in [3.8, 4) is 0 Å². The van der Waals surface area contributed by atoms with Gasteiger partial charge in [-0.05, 0) is 59.7 Å². The molecule has 1 unspecified atom stereocenters. The lowest BCUT2D eigenvalue weighted by Crippen LogP contribution is -2.39. The Hall–Kier alpha value is -0.620. The van der Waals surface area contributed by atoms with E-state index in [0.717, 1.165) is 25.9 Å². The van der Waals surface area contributed by atoms with Crippen LogP contribution in [0.15, 0.2) is 24.3 Å². The highest BCUT2D eigenvalue weighted by atomic mass is 127. The number of benzene rings is 1. The lowest BCUT2D eigenvalue weighted by atomic mass is 10.2. The average molecular weight is 330 g/mol. The quantitative estimate of drug-likeness (QED) is 0.858. The number of primary amides is 1. The predicted octanol–water partition coefficient (Wildman–Crippen LogP) is 1.74. The molecular formula is C12H15IN2O. The minimum Gasteiger partial charge on any atom is -0.368 e. The number of nitrogens with two attached hydrogens (primary N) is 1. The fraction of sp³-hybridized carbons (Fsp3) is 0.417. The molecule has 16 heavy (non-hydrogen) atoms. The molecule has 1 aliphatic rings. The van der Waals surface area contributed by atoms with Crippen LogP contribution < -0.4 is 5.73 Å². The largest absolute Gasteiger partial charge is 0.368 e. The minimum absolute atomic E-state index is 0.0714. The van der Waals surface area contributed by atoms with Crippen LogP contribution in [0, 0.1) is 3.57 Å². The third-order valence-electron chi connectivity index (χ3n) is 2.97. The summed E-state index contributed by atoms with van der Waals surface area (Å²) in [6.45, 7) is 1.80. The van der Waals surface area contributed by atoms with Crippen molar-refractivity contribution in [1.82, 2.24) is 4.90 Å². The highest BCUT2D eigenvalue weighted by molar-refractivity contribution is 14.1. The lowest BCUT2D eigenvalue weighted by Gasteiger charge is -2.21. The maximum Gasteiger partial charge on any atom is 0.234 e. The molecule has 1 aromatic rings. The van der Waals surface area contributed by atoms with Crippen LogP contribution in [0.2, 0.25) is 0 Å². The van der Waals surface area contributed by atoms with Crippen LogP contribution in [0.4, 0.5) is 0 Å². The Morgan fingerprint density at radius 1 is 1.56 bits per heavy atom. The lowest BCUT2D eigenvalue weighted by molar-refractivity contribution is -0.122. The van der Waals surface area contributed by atoms with Gasteiger partial charge in [0, 0.05) is 10.1 Å². The van der Waals surface area contributed by atoms with Crippen molar-refractivity contribution in [2.45, 2.75) is 25.4 Å². The molecule has 0 radical (unpaired) electrons. The maximum atomic E-state index is 11.2. The van der Waals surface area contributed by atoms with E-state index in [1.165, 1.54) is 9.13 Å². The first-order chi connectivity index (χ1) is 7.66. The zero-order valence-corrected chi connectivity index (χ0v) is 11.2. The van der Waals surface area contributed by atoms with Crippen molar-refractivity contribution >= 4 is 28.5 Å². The van der Waals surface area contributed by atoms with Gasteiger partial charge in [-0.1, -0.05) is 12.1 Å². The van der Waals surface area contributed by atoms with Gasteiger partial charge >= 0.3 is 0 Å². The summed E-state index contributed by atoms with van der Waals surface area (Å²) in [4.78, 5) is 13.4. The summed E-state index contributed by atoms with van der Waals surface area (Å²) < 4.78 is 1.23. The van der Waals surface area contributed by atoms with Crippen molar-refractivity contribution < 1.29 is 4.79 Å². The normalized spacial score (nSPS) is 21.2. The molecule has 1 atom stereocenters. The van der Waals surface area contributed by atoms with Crippen LogP contribution >= 0.6 is 22.6 Å². The molecule has 4 heteroatoms. The summed E-state index contributed by atoms with van der Waals surface area (Å²) in [5.74, 6) is -0.192. The highest BCUT2D eigenvalue weighted by Gasteiger charge is 2.28. The SMILES string of the molecule is NC(=O)C1CCCN1Cc1cccc(I)c1. The van der Waals surface area contributed by atoms with E-state index >= 15 is 0 Å². The fourth-order valence-electron chi connectivity index (χ4n) is 2.21. The van der Waals surface area contributed by atoms with Crippen LogP contribution in [-0.2, 0) is 11.3 Å². The second-order valence-corrected chi connectivity index (χ2v) is 5.41. The van der Waals surface area contributed by atoms with Crippen LogP contribution in [-0.4, -0.2) is 23.4 Å². The molecule has 1 heterocycles. The van der Waals surface area contributed by atoms with E-state index in [4.69, 9.17) is 5.73 Å². The van der Waals surface area contributed by atoms with Crippen molar-refractivity contribution in [3.05, 3.63) is 33.4 Å². The van der Waals surface area contributed by atoms with Gasteiger partial charge in [0.05, 0.1) is 6.04 Å². The van der Waals surface area contributed by atoms with E-state index in [1.54, 1.807) is 0 Å². The molecule has 2 N–H and O–H groups in total. The van der Waals surface area contributed by atoms with Gasteiger partial charge in [-0.25, -0.2) is 0 Å². The molecule has 2 rings (SSSR count). The zero-order valence-electron chi connectivity index (χ0n) is 9.03. The Balaban J connectivity index is 2.06. The van der Waals surface area contributed by atoms with E-state index in [9.17, 15) is 4.79 Å². The molecule has 0 aliphatic carbocycles. The van der Waals surface area contributed by atoms with Crippen LogP contribution in [0.1, 0.15) is 18.4 Å². The van der Waals surface area contributed by atoms with Gasteiger partial charge in [0.15, 0.2) is 0 Å². The second kappa shape index (κ2) is 5.14. The van der Waals surface area contributed by atoms with Crippen molar-refractivity contribution in [2.75, 3.05) is 6.54 Å². The summed E-state index contributed by atoms with van der Waals surface area (Å²) >= 11 is 2.30. The van der Waals surface area contributed by atoms with E-state index in [0.29, 0.717) is 0 Å². The third kappa shape index (κ3) is 2.74. The summed E-state index contributed by atoms with van der Waals surface area (Å²) in [5.41, 5.74) is 6.64. The van der Waals surface area contributed by atoms with E-state index < -0.39 is 0 Å². The number of amides is 1. The molecule has 0 aromatic heterocycles. The van der Waals surface area contributed by atoms with E-state index in [2.05, 4.69) is 45.7 Å². The summed E-state index contributed by atoms with van der Waals surface area (Å²) in [6, 6.07) is 8.29. The average Bonchev–Trinajstić information content (AvgIpc) is 2.66. The highest BCUT2D eigenvalue weighted by Crippen LogP contribution is 2.20. The predicted molar refractivity (Wildman–Crippen MR) is 71.8 cm³/mol. The Morgan fingerprint density at radius 2 is 2.38 bits per heavy atom. The number of rotatable bonds is 3. The topological polar surface area (TPSA) is 46.3 Å². The molecule has 0 bridgehead atoms. The minimum atomic E-state index is -0.192. The first-order valence-electron chi connectivity index (χ1n) is 5.44. The molecule has 1 saturated heterocycles. The Labute approximate surface area is 109 Å². The van der Waals surface area contributed by atoms with Crippen molar-refractivity contribution in [2.24, 2.45) is 5.73 Å². The standard InChI is InChI=1S/C12H15IN2O/c13-10-4-1-3-9(7-10)8-15-6-2-5-11(15)12(14)16/h1,3-4,7,11H,2,5-6,8H2,(H2,14,16). The number of likely N-dealkylation sites (tertiary alicyclic amines) is 1. The van der Waals surface area contributed by atoms with Gasteiger partial charge in [-0.2, -0.15) is 0 Å². The summed E-state index contributed by atoms with van der Waals surface area (Å²) in [5, 5.41) is 0. The van der Waals surface area contributed by atoms with Crippen LogP contribution in [0.25, 0.3) is 0 Å². The molecule has 0 spiro atoms. The summed E-state index contributed by atoms with van der Waals surface area (Å²) in [6.07, 6.45) is 1.97. The number of hydrogen-bond donors (Lipinski definition) is 1. The van der Waals surface area contributed by atoms with Crippen molar-refractivity contribution in [1.29, 1.82) is 0 Å². The number of nitrogens with zero attached hydrogens (tertiary/aromatic N) is 1. The first-order valence-corrected chi connectivity index (χ1v) is 6.52. The number of halogens is 1. The van der Waals surface area contributed by atoms with Crippen LogP contribution in [0.5, 0.6) is 0 Å². The number of carbonyl (C=O) groups is 1. The van der Waals surface area contributed by atoms with Gasteiger partial charge in [-0.15, -0.1) is 0 Å². The van der Waals surface area contributed by atoms with Crippen LogP contribution in [0.3, 0.4) is 0 Å². The third-order valence-corrected chi connectivity index (χ3v) is 3.64. The molecule has 1 amide bonds. The maximum absolute atomic E-state index is 11.2. The van der Waals surface area contributed by atoms with Gasteiger partial charge in [0.25, 0.3) is 0 Å². The van der Waals surface area contributed by atoms with Gasteiger partial charge in [0.2, 0.25) is 5.91 Å². The van der Waals surface area contributed by atoms with Gasteiger partial charge in [0.1, 0.15) is 0 Å². The smallest absolute Gasteiger partial charge is 0.234 e.